The van der Waals surface area contributed by atoms with E-state index >= 15 is 0 Å². The Hall–Kier alpha value is -1.46. The smallest absolute Gasteiger partial charge is 0.140 e. The van der Waals surface area contributed by atoms with Gasteiger partial charge in [-0.05, 0) is 25.5 Å². The molecule has 0 unspecified atom stereocenters. The van der Waals surface area contributed by atoms with Gasteiger partial charge < -0.3 is 10.5 Å². The maximum atomic E-state index is 5.73. The van der Waals surface area contributed by atoms with Gasteiger partial charge in [0.25, 0.3) is 0 Å². The van der Waals surface area contributed by atoms with Gasteiger partial charge in [-0.3, -0.25) is 0 Å². The Labute approximate surface area is 116 Å². The topological polar surface area (TPSA) is 48.1 Å². The predicted octanol–water partition coefficient (Wildman–Crippen LogP) is 2.97. The zero-order valence-corrected chi connectivity index (χ0v) is 11.9. The molecule has 0 aliphatic rings. The normalized spacial score (nSPS) is 10.3. The highest BCUT2D eigenvalue weighted by Gasteiger charge is 2.06. The maximum absolute atomic E-state index is 5.73. The number of rotatable bonds is 4. The van der Waals surface area contributed by atoms with Gasteiger partial charge in [0.1, 0.15) is 28.0 Å². The second-order valence-corrected chi connectivity index (χ2v) is 5.43. The number of hydrogen-bond donors (Lipinski definition) is 1. The Kier molecular flexibility index (Phi) is 3.93. The van der Waals surface area contributed by atoms with Crippen molar-refractivity contribution in [2.24, 2.45) is 5.73 Å². The molecule has 0 radical (unpaired) electrons. The summed E-state index contributed by atoms with van der Waals surface area (Å²) in [6, 6.07) is 6.11. The van der Waals surface area contributed by atoms with Crippen molar-refractivity contribution < 1.29 is 4.74 Å². The molecule has 0 atom stereocenters. The lowest BCUT2D eigenvalue weighted by Gasteiger charge is -2.07. The van der Waals surface area contributed by atoms with Crippen LogP contribution in [0.5, 0.6) is 5.75 Å². The number of hydrogen-bond acceptors (Lipinski definition) is 4. The summed E-state index contributed by atoms with van der Waals surface area (Å²) in [6.45, 7) is 4.54. The zero-order valence-electron chi connectivity index (χ0n) is 10.3. The van der Waals surface area contributed by atoms with Crippen molar-refractivity contribution in [2.45, 2.75) is 20.5 Å². The summed E-state index contributed by atoms with van der Waals surface area (Å²) in [4.78, 5) is 4.62. The molecule has 0 saturated carbocycles. The molecule has 5 heteroatoms. The number of aryl methyl sites for hydroxylation is 2. The first kappa shape index (κ1) is 13.0. The van der Waals surface area contributed by atoms with Crippen LogP contribution in [0.15, 0.2) is 23.6 Å². The molecule has 0 amide bonds. The van der Waals surface area contributed by atoms with E-state index in [-0.39, 0.29) is 0 Å². The highest BCUT2D eigenvalue weighted by molar-refractivity contribution is 7.80. The fourth-order valence-corrected chi connectivity index (χ4v) is 2.48. The second-order valence-electron chi connectivity index (χ2n) is 4.05. The van der Waals surface area contributed by atoms with Gasteiger partial charge in [-0.2, -0.15) is 0 Å². The van der Waals surface area contributed by atoms with Gasteiger partial charge in [0, 0.05) is 5.38 Å². The van der Waals surface area contributed by atoms with Gasteiger partial charge in [-0.25, -0.2) is 4.98 Å². The number of nitrogens with two attached hydrogens (primary N) is 1. The molecule has 2 aromatic rings. The summed E-state index contributed by atoms with van der Waals surface area (Å²) in [6.07, 6.45) is 0. The first-order valence-electron chi connectivity index (χ1n) is 5.50. The molecule has 0 fully saturated rings. The van der Waals surface area contributed by atoms with Crippen LogP contribution in [0.1, 0.15) is 21.8 Å². The molecule has 1 heterocycles. The molecule has 0 aliphatic heterocycles. The lowest BCUT2D eigenvalue weighted by molar-refractivity contribution is 0.303. The summed E-state index contributed by atoms with van der Waals surface area (Å²) in [5, 5.41) is 2.72. The summed E-state index contributed by atoms with van der Waals surface area (Å²) in [5.41, 5.74) is 8.52. The molecule has 0 aliphatic carbocycles. The van der Waals surface area contributed by atoms with Crippen molar-refractivity contribution in [3.8, 4) is 5.75 Å². The van der Waals surface area contributed by atoms with Gasteiger partial charge in [-0.1, -0.05) is 29.9 Å². The van der Waals surface area contributed by atoms with Crippen LogP contribution in [0.25, 0.3) is 0 Å². The molecule has 2 N–H and O–H groups in total. The Balaban J connectivity index is 2.04. The number of benzene rings is 1. The number of ether oxygens (including phenoxy) is 1. The number of nitrogens with zero attached hydrogens (tertiary/aromatic N) is 1. The van der Waals surface area contributed by atoms with E-state index in [0.29, 0.717) is 17.3 Å². The molecule has 94 valence electrons. The van der Waals surface area contributed by atoms with Crippen LogP contribution in [0, 0.1) is 13.8 Å². The minimum Gasteiger partial charge on any atom is -0.486 e. The first-order valence-corrected chi connectivity index (χ1v) is 6.79. The fourth-order valence-electron chi connectivity index (χ4n) is 1.59. The van der Waals surface area contributed by atoms with Crippen LogP contribution < -0.4 is 10.5 Å². The summed E-state index contributed by atoms with van der Waals surface area (Å²) in [7, 11) is 0. The van der Waals surface area contributed by atoms with Gasteiger partial charge >= 0.3 is 0 Å². The van der Waals surface area contributed by atoms with Gasteiger partial charge in [0.2, 0.25) is 0 Å². The van der Waals surface area contributed by atoms with Crippen LogP contribution in [-0.4, -0.2) is 9.97 Å². The minimum atomic E-state index is 0.323. The lowest BCUT2D eigenvalue weighted by atomic mass is 10.1. The van der Waals surface area contributed by atoms with E-state index in [1.807, 2.05) is 24.4 Å². The maximum Gasteiger partial charge on any atom is 0.140 e. The zero-order chi connectivity index (χ0) is 13.1. The highest BCUT2D eigenvalue weighted by atomic mass is 32.1. The summed E-state index contributed by atoms with van der Waals surface area (Å²) >= 11 is 6.37. The summed E-state index contributed by atoms with van der Waals surface area (Å²) < 4.78 is 5.73. The van der Waals surface area contributed by atoms with E-state index in [0.717, 1.165) is 16.3 Å². The van der Waals surface area contributed by atoms with Crippen molar-refractivity contribution in [3.63, 3.8) is 0 Å². The number of aromatic nitrogens is 1. The van der Waals surface area contributed by atoms with Crippen molar-refractivity contribution >= 4 is 28.5 Å². The van der Waals surface area contributed by atoms with E-state index in [1.54, 1.807) is 0 Å². The molecule has 1 aromatic heterocycles. The Morgan fingerprint density at radius 3 is 2.83 bits per heavy atom. The molecule has 3 nitrogen and oxygen atoms in total. The molecule has 0 spiro atoms. The van der Waals surface area contributed by atoms with Crippen molar-refractivity contribution in [3.05, 3.63) is 45.4 Å². The second kappa shape index (κ2) is 5.46. The largest absolute Gasteiger partial charge is 0.486 e. The molecule has 18 heavy (non-hydrogen) atoms. The van der Waals surface area contributed by atoms with E-state index in [2.05, 4.69) is 18.0 Å². The van der Waals surface area contributed by atoms with Crippen molar-refractivity contribution in [1.82, 2.24) is 4.98 Å². The SMILES string of the molecule is Cc1ccc(OCc2nc(C(N)=S)cs2)c(C)c1. The minimum absolute atomic E-state index is 0.323. The Morgan fingerprint density at radius 1 is 1.44 bits per heavy atom. The monoisotopic (exact) mass is 278 g/mol. The first-order chi connectivity index (χ1) is 8.56. The van der Waals surface area contributed by atoms with Crippen molar-refractivity contribution in [1.29, 1.82) is 0 Å². The van der Waals surface area contributed by atoms with Crippen LogP contribution in [-0.2, 0) is 6.61 Å². The highest BCUT2D eigenvalue weighted by Crippen LogP contribution is 2.20. The fraction of sp³-hybridized carbons (Fsp3) is 0.231. The van der Waals surface area contributed by atoms with Crippen LogP contribution in [0.3, 0.4) is 0 Å². The Bertz CT molecular complexity index is 578. The number of thiazole rings is 1. The summed E-state index contributed by atoms with van der Waals surface area (Å²) in [5.74, 6) is 0.882. The number of thiocarbonyl (C=S) groups is 1. The average molecular weight is 278 g/mol. The third kappa shape index (κ3) is 3.05. The van der Waals surface area contributed by atoms with Crippen LogP contribution in [0.4, 0.5) is 0 Å². The average Bonchev–Trinajstić information content (AvgIpc) is 2.76. The van der Waals surface area contributed by atoms with Crippen LogP contribution in [0.2, 0.25) is 0 Å². The third-order valence-electron chi connectivity index (χ3n) is 2.49. The standard InChI is InChI=1S/C13H14N2OS2/c1-8-3-4-11(9(2)5-8)16-6-12-15-10(7-18-12)13(14)17/h3-5,7H,6H2,1-2H3,(H2,14,17). The molecule has 2 rings (SSSR count). The van der Waals surface area contributed by atoms with E-state index in [4.69, 9.17) is 22.7 Å². The van der Waals surface area contributed by atoms with Gasteiger partial charge in [0.05, 0.1) is 0 Å². The van der Waals surface area contributed by atoms with Gasteiger partial charge in [-0.15, -0.1) is 11.3 Å². The molecule has 0 saturated heterocycles. The van der Waals surface area contributed by atoms with Crippen molar-refractivity contribution in [2.75, 3.05) is 0 Å². The van der Waals surface area contributed by atoms with E-state index < -0.39 is 0 Å². The predicted molar refractivity (Wildman–Crippen MR) is 78.2 cm³/mol. The van der Waals surface area contributed by atoms with E-state index in [1.165, 1.54) is 16.9 Å². The molecule has 1 aromatic carbocycles. The van der Waals surface area contributed by atoms with Crippen LogP contribution >= 0.6 is 23.6 Å². The third-order valence-corrected chi connectivity index (χ3v) is 3.52. The lowest BCUT2D eigenvalue weighted by Crippen LogP contribution is -2.09. The molecule has 0 bridgehead atoms. The van der Waals surface area contributed by atoms with Gasteiger partial charge in [0.15, 0.2) is 0 Å². The Morgan fingerprint density at radius 2 is 2.22 bits per heavy atom. The quantitative estimate of drug-likeness (QED) is 0.874. The molecular weight excluding hydrogens is 264 g/mol. The van der Waals surface area contributed by atoms with E-state index in [9.17, 15) is 0 Å². The molecular formula is C13H14N2OS2.